The van der Waals surface area contributed by atoms with Gasteiger partial charge in [0.15, 0.2) is 0 Å². The second kappa shape index (κ2) is 10.1. The van der Waals surface area contributed by atoms with Gasteiger partial charge in [-0.3, -0.25) is 0 Å². The van der Waals surface area contributed by atoms with Crippen molar-refractivity contribution in [3.8, 4) is 0 Å². The molecule has 120 valence electrons. The van der Waals surface area contributed by atoms with Crippen LogP contribution >= 0.6 is 11.8 Å². The lowest BCUT2D eigenvalue weighted by atomic mass is 10.1. The summed E-state index contributed by atoms with van der Waals surface area (Å²) in [6.45, 7) is 11.2. The second-order valence-corrected chi connectivity index (χ2v) is 6.72. The lowest BCUT2D eigenvalue weighted by Gasteiger charge is -2.12. The number of ether oxygens (including phenoxy) is 1. The number of nitrogens with one attached hydrogen (secondary N) is 1. The molecule has 1 N–H and O–H groups in total. The molecule has 1 rings (SSSR count). The van der Waals surface area contributed by atoms with E-state index in [0.717, 1.165) is 60.8 Å². The predicted molar refractivity (Wildman–Crippen MR) is 91.0 cm³/mol. The number of aryl methyl sites for hydroxylation is 2. The average molecular weight is 311 g/mol. The molecule has 1 heterocycles. The van der Waals surface area contributed by atoms with Crippen molar-refractivity contribution in [2.45, 2.75) is 39.9 Å². The van der Waals surface area contributed by atoms with Crippen LogP contribution in [-0.2, 0) is 16.9 Å². The van der Waals surface area contributed by atoms with Crippen molar-refractivity contribution in [2.75, 3.05) is 32.6 Å². The van der Waals surface area contributed by atoms with Gasteiger partial charge in [0.25, 0.3) is 0 Å². The van der Waals surface area contributed by atoms with E-state index in [9.17, 15) is 0 Å². The molecule has 0 bridgehead atoms. The number of nitrogens with zero attached hydrogens (tertiary/aromatic N) is 2. The highest BCUT2D eigenvalue weighted by Crippen LogP contribution is 2.16. The van der Waals surface area contributed by atoms with Gasteiger partial charge < -0.3 is 10.1 Å². The first-order valence-electron chi connectivity index (χ1n) is 7.65. The maximum absolute atomic E-state index is 5.02. The first-order valence-corrected chi connectivity index (χ1v) is 8.80. The number of hydrogen-bond acceptors (Lipinski definition) is 5. The summed E-state index contributed by atoms with van der Waals surface area (Å²) in [5.74, 6) is 3.75. The highest BCUT2D eigenvalue weighted by atomic mass is 32.2. The molecule has 0 fully saturated rings. The van der Waals surface area contributed by atoms with Gasteiger partial charge in [-0.25, -0.2) is 9.97 Å². The Morgan fingerprint density at radius 1 is 1.14 bits per heavy atom. The van der Waals surface area contributed by atoms with Gasteiger partial charge in [-0.1, -0.05) is 13.8 Å². The van der Waals surface area contributed by atoms with Crippen molar-refractivity contribution in [3.63, 3.8) is 0 Å². The Bertz CT molecular complexity index is 401. The van der Waals surface area contributed by atoms with Crippen LogP contribution in [0.5, 0.6) is 0 Å². The molecule has 1 aromatic rings. The summed E-state index contributed by atoms with van der Waals surface area (Å²) in [4.78, 5) is 9.32. The van der Waals surface area contributed by atoms with Crippen LogP contribution in [-0.4, -0.2) is 42.5 Å². The van der Waals surface area contributed by atoms with Crippen LogP contribution in [0.2, 0.25) is 0 Å². The maximum Gasteiger partial charge on any atom is 0.138 e. The number of thioether (sulfide) groups is 1. The van der Waals surface area contributed by atoms with Gasteiger partial charge in [0.2, 0.25) is 0 Å². The summed E-state index contributed by atoms with van der Waals surface area (Å²) in [5.41, 5.74) is 3.52. The van der Waals surface area contributed by atoms with Crippen LogP contribution in [0.25, 0.3) is 0 Å². The normalized spacial score (nSPS) is 11.3. The molecular weight excluding hydrogens is 282 g/mol. The van der Waals surface area contributed by atoms with E-state index in [4.69, 9.17) is 4.74 Å². The van der Waals surface area contributed by atoms with Crippen LogP contribution in [0.4, 0.5) is 0 Å². The fourth-order valence-corrected chi connectivity index (χ4v) is 3.03. The standard InChI is InChI=1S/C16H29N3OS/c1-12(2)10-21-11-16-18-13(3)15(14(4)19-16)6-7-17-8-9-20-5/h12,17H,6-11H2,1-5H3. The van der Waals surface area contributed by atoms with Crippen LogP contribution in [0.3, 0.4) is 0 Å². The van der Waals surface area contributed by atoms with Gasteiger partial charge in [0.1, 0.15) is 5.82 Å². The molecule has 4 nitrogen and oxygen atoms in total. The molecule has 1 aromatic heterocycles. The van der Waals surface area contributed by atoms with Gasteiger partial charge in [-0.15, -0.1) is 0 Å². The number of hydrogen-bond donors (Lipinski definition) is 1. The third-order valence-electron chi connectivity index (χ3n) is 3.18. The van der Waals surface area contributed by atoms with Crippen LogP contribution in [0.15, 0.2) is 0 Å². The van der Waals surface area contributed by atoms with E-state index in [1.807, 2.05) is 11.8 Å². The van der Waals surface area contributed by atoms with E-state index in [0.29, 0.717) is 0 Å². The van der Waals surface area contributed by atoms with Gasteiger partial charge in [-0.2, -0.15) is 11.8 Å². The fraction of sp³-hybridized carbons (Fsp3) is 0.750. The monoisotopic (exact) mass is 311 g/mol. The molecule has 0 aliphatic rings. The molecule has 0 atom stereocenters. The van der Waals surface area contributed by atoms with E-state index < -0.39 is 0 Å². The summed E-state index contributed by atoms with van der Waals surface area (Å²) in [5, 5.41) is 3.37. The summed E-state index contributed by atoms with van der Waals surface area (Å²) in [6.07, 6.45) is 0.973. The molecule has 0 aliphatic carbocycles. The Morgan fingerprint density at radius 3 is 2.38 bits per heavy atom. The zero-order valence-corrected chi connectivity index (χ0v) is 14.8. The molecule has 0 aliphatic heterocycles. The highest BCUT2D eigenvalue weighted by molar-refractivity contribution is 7.98. The van der Waals surface area contributed by atoms with Gasteiger partial charge in [0.05, 0.1) is 12.4 Å². The quantitative estimate of drug-likeness (QED) is 0.673. The molecule has 5 heteroatoms. The summed E-state index contributed by atoms with van der Waals surface area (Å²) in [6, 6.07) is 0. The predicted octanol–water partition coefficient (Wildman–Crippen LogP) is 2.76. The SMILES string of the molecule is COCCNCCc1c(C)nc(CSCC(C)C)nc1C. The Balaban J connectivity index is 2.50. The summed E-state index contributed by atoms with van der Waals surface area (Å²) in [7, 11) is 1.72. The summed E-state index contributed by atoms with van der Waals surface area (Å²) < 4.78 is 5.02. The molecule has 0 saturated carbocycles. The first-order chi connectivity index (χ1) is 10.0. The van der Waals surface area contributed by atoms with Crippen molar-refractivity contribution in [3.05, 3.63) is 22.8 Å². The van der Waals surface area contributed by atoms with E-state index in [2.05, 4.69) is 43.0 Å². The number of methoxy groups -OCH3 is 1. The smallest absolute Gasteiger partial charge is 0.138 e. The lowest BCUT2D eigenvalue weighted by molar-refractivity contribution is 0.199. The number of rotatable bonds is 10. The Labute approximate surface area is 133 Å². The van der Waals surface area contributed by atoms with Crippen molar-refractivity contribution < 1.29 is 4.74 Å². The molecular formula is C16H29N3OS. The Morgan fingerprint density at radius 2 is 1.81 bits per heavy atom. The van der Waals surface area contributed by atoms with Crippen molar-refractivity contribution >= 4 is 11.8 Å². The van der Waals surface area contributed by atoms with Crippen LogP contribution < -0.4 is 5.32 Å². The van der Waals surface area contributed by atoms with Crippen LogP contribution in [0.1, 0.15) is 36.6 Å². The fourth-order valence-electron chi connectivity index (χ4n) is 2.13. The average Bonchev–Trinajstić information content (AvgIpc) is 2.40. The van der Waals surface area contributed by atoms with Gasteiger partial charge in [-0.05, 0) is 44.0 Å². The van der Waals surface area contributed by atoms with Crippen LogP contribution in [0, 0.1) is 19.8 Å². The minimum atomic E-state index is 0.717. The molecule has 0 amide bonds. The third-order valence-corrected chi connectivity index (χ3v) is 4.55. The zero-order valence-electron chi connectivity index (χ0n) is 14.0. The minimum absolute atomic E-state index is 0.717. The van der Waals surface area contributed by atoms with Crippen molar-refractivity contribution in [1.29, 1.82) is 0 Å². The molecule has 0 unspecified atom stereocenters. The second-order valence-electron chi connectivity index (χ2n) is 5.69. The molecule has 0 saturated heterocycles. The van der Waals surface area contributed by atoms with Gasteiger partial charge in [0, 0.05) is 25.0 Å². The Hall–Kier alpha value is -0.650. The number of aromatic nitrogens is 2. The minimum Gasteiger partial charge on any atom is -0.383 e. The van der Waals surface area contributed by atoms with Crippen molar-refractivity contribution in [2.24, 2.45) is 5.92 Å². The lowest BCUT2D eigenvalue weighted by Crippen LogP contribution is -2.22. The Kier molecular flexibility index (Phi) is 8.88. The van der Waals surface area contributed by atoms with Crippen molar-refractivity contribution in [1.82, 2.24) is 15.3 Å². The molecule has 0 spiro atoms. The van der Waals surface area contributed by atoms with E-state index in [1.165, 1.54) is 5.56 Å². The van der Waals surface area contributed by atoms with E-state index >= 15 is 0 Å². The molecule has 21 heavy (non-hydrogen) atoms. The third kappa shape index (κ3) is 7.25. The summed E-state index contributed by atoms with van der Waals surface area (Å²) >= 11 is 1.91. The topological polar surface area (TPSA) is 47.0 Å². The molecule has 0 aromatic carbocycles. The van der Waals surface area contributed by atoms with E-state index in [-0.39, 0.29) is 0 Å². The molecule has 0 radical (unpaired) electrons. The van der Waals surface area contributed by atoms with E-state index in [1.54, 1.807) is 7.11 Å². The first kappa shape index (κ1) is 18.4. The zero-order chi connectivity index (χ0) is 15.7. The largest absolute Gasteiger partial charge is 0.383 e. The maximum atomic E-state index is 5.02. The van der Waals surface area contributed by atoms with Gasteiger partial charge >= 0.3 is 0 Å². The highest BCUT2D eigenvalue weighted by Gasteiger charge is 2.08.